The standard InChI is InChI=1S/C29H23ClN2O5/c1-34-26-14-22-24(15-27(26)35-2)32-9-8-25(22)37-20-7-6-16-10-18(5-4-17(16)11-20)21-12-19(30)13-23(29(31)33)28(21)36-3/h4-15H,1-3H3,(H2,31,33). The Bertz CT molecular complexity index is 1670. The summed E-state index contributed by atoms with van der Waals surface area (Å²) in [5.74, 6) is 2.27. The van der Waals surface area contributed by atoms with Crippen LogP contribution in [0.5, 0.6) is 28.7 Å². The van der Waals surface area contributed by atoms with Crippen molar-refractivity contribution in [2.75, 3.05) is 21.3 Å². The summed E-state index contributed by atoms with van der Waals surface area (Å²) >= 11 is 6.27. The molecule has 0 radical (unpaired) electrons. The molecule has 0 spiro atoms. The fraction of sp³-hybridized carbons (Fsp3) is 0.103. The van der Waals surface area contributed by atoms with Gasteiger partial charge in [0.15, 0.2) is 11.5 Å². The van der Waals surface area contributed by atoms with Gasteiger partial charge in [0.1, 0.15) is 17.2 Å². The zero-order valence-electron chi connectivity index (χ0n) is 20.4. The predicted molar refractivity (Wildman–Crippen MR) is 144 cm³/mol. The van der Waals surface area contributed by atoms with Gasteiger partial charge in [-0.3, -0.25) is 9.78 Å². The molecule has 7 nitrogen and oxygen atoms in total. The Balaban J connectivity index is 1.52. The Kier molecular flexibility index (Phi) is 6.46. The van der Waals surface area contributed by atoms with E-state index in [0.717, 1.165) is 27.2 Å². The summed E-state index contributed by atoms with van der Waals surface area (Å²) in [6.07, 6.45) is 1.69. The van der Waals surface area contributed by atoms with E-state index in [1.165, 1.54) is 13.2 Å². The van der Waals surface area contributed by atoms with Crippen LogP contribution in [0.4, 0.5) is 0 Å². The first kappa shape index (κ1) is 24.2. The van der Waals surface area contributed by atoms with Gasteiger partial charge < -0.3 is 24.7 Å². The maximum Gasteiger partial charge on any atom is 0.252 e. The number of aromatic nitrogens is 1. The number of benzene rings is 4. The third kappa shape index (κ3) is 4.57. The van der Waals surface area contributed by atoms with Crippen LogP contribution < -0.4 is 24.7 Å². The molecular weight excluding hydrogens is 492 g/mol. The van der Waals surface area contributed by atoms with E-state index in [2.05, 4.69) is 4.98 Å². The topological polar surface area (TPSA) is 92.9 Å². The number of hydrogen-bond acceptors (Lipinski definition) is 6. The number of pyridine rings is 1. The Morgan fingerprint density at radius 3 is 2.27 bits per heavy atom. The zero-order valence-corrected chi connectivity index (χ0v) is 21.1. The van der Waals surface area contributed by atoms with Gasteiger partial charge in [0, 0.05) is 28.2 Å². The third-order valence-corrected chi connectivity index (χ3v) is 6.30. The summed E-state index contributed by atoms with van der Waals surface area (Å²) in [4.78, 5) is 16.3. The normalized spacial score (nSPS) is 10.9. The molecule has 186 valence electrons. The van der Waals surface area contributed by atoms with Crippen LogP contribution in [0.3, 0.4) is 0 Å². The number of methoxy groups -OCH3 is 3. The smallest absolute Gasteiger partial charge is 0.252 e. The van der Waals surface area contributed by atoms with E-state index in [0.29, 0.717) is 39.3 Å². The maximum atomic E-state index is 11.9. The van der Waals surface area contributed by atoms with Gasteiger partial charge in [-0.2, -0.15) is 0 Å². The van der Waals surface area contributed by atoms with E-state index in [-0.39, 0.29) is 5.56 Å². The Morgan fingerprint density at radius 1 is 0.811 bits per heavy atom. The van der Waals surface area contributed by atoms with Crippen LogP contribution in [0, 0.1) is 0 Å². The molecule has 1 amide bonds. The van der Waals surface area contributed by atoms with Crippen molar-refractivity contribution in [1.29, 1.82) is 0 Å². The van der Waals surface area contributed by atoms with Crippen LogP contribution in [0.25, 0.3) is 32.8 Å². The predicted octanol–water partition coefficient (Wildman–Crippen LogP) is 6.63. The lowest BCUT2D eigenvalue weighted by atomic mass is 9.98. The number of primary amides is 1. The highest BCUT2D eigenvalue weighted by Gasteiger charge is 2.17. The molecule has 1 aromatic heterocycles. The molecular formula is C29H23ClN2O5. The van der Waals surface area contributed by atoms with E-state index >= 15 is 0 Å². The fourth-order valence-electron chi connectivity index (χ4n) is 4.33. The Morgan fingerprint density at radius 2 is 1.54 bits per heavy atom. The van der Waals surface area contributed by atoms with Crippen molar-refractivity contribution in [2.45, 2.75) is 0 Å². The third-order valence-electron chi connectivity index (χ3n) is 6.08. The van der Waals surface area contributed by atoms with Gasteiger partial charge >= 0.3 is 0 Å². The molecule has 0 aliphatic rings. The first-order valence-corrected chi connectivity index (χ1v) is 11.7. The first-order chi connectivity index (χ1) is 17.9. The van der Waals surface area contributed by atoms with Crippen molar-refractivity contribution in [2.24, 2.45) is 5.73 Å². The molecule has 0 aliphatic carbocycles. The lowest BCUT2D eigenvalue weighted by Gasteiger charge is -2.14. The second kappa shape index (κ2) is 9.87. The lowest BCUT2D eigenvalue weighted by Crippen LogP contribution is -2.13. The maximum absolute atomic E-state index is 11.9. The molecule has 4 aromatic carbocycles. The molecule has 0 unspecified atom stereocenters. The second-order valence-electron chi connectivity index (χ2n) is 8.26. The molecule has 0 atom stereocenters. The van der Waals surface area contributed by atoms with Crippen molar-refractivity contribution < 1.29 is 23.7 Å². The molecule has 5 aromatic rings. The molecule has 0 saturated carbocycles. The quantitative estimate of drug-likeness (QED) is 0.262. The number of rotatable bonds is 7. The number of fused-ring (bicyclic) bond motifs is 2. The number of amides is 1. The Labute approximate surface area is 218 Å². The molecule has 2 N–H and O–H groups in total. The van der Waals surface area contributed by atoms with Crippen LogP contribution in [-0.4, -0.2) is 32.2 Å². The summed E-state index contributed by atoms with van der Waals surface area (Å²) in [5.41, 5.74) is 8.01. The van der Waals surface area contributed by atoms with Crippen LogP contribution in [-0.2, 0) is 0 Å². The number of nitrogens with two attached hydrogens (primary N) is 1. The van der Waals surface area contributed by atoms with Gasteiger partial charge in [-0.15, -0.1) is 0 Å². The highest BCUT2D eigenvalue weighted by molar-refractivity contribution is 6.31. The summed E-state index contributed by atoms with van der Waals surface area (Å²) in [6, 6.07) is 20.4. The van der Waals surface area contributed by atoms with Crippen molar-refractivity contribution in [3.8, 4) is 39.9 Å². The number of carbonyl (C=O) groups is 1. The van der Waals surface area contributed by atoms with Crippen LogP contribution >= 0.6 is 11.6 Å². The number of carbonyl (C=O) groups excluding carboxylic acids is 1. The van der Waals surface area contributed by atoms with E-state index in [1.54, 1.807) is 26.5 Å². The summed E-state index contributed by atoms with van der Waals surface area (Å²) in [6.45, 7) is 0. The van der Waals surface area contributed by atoms with E-state index < -0.39 is 5.91 Å². The van der Waals surface area contributed by atoms with Crippen LogP contribution in [0.1, 0.15) is 10.4 Å². The largest absolute Gasteiger partial charge is 0.495 e. The van der Waals surface area contributed by atoms with Crippen molar-refractivity contribution in [3.05, 3.63) is 83.5 Å². The van der Waals surface area contributed by atoms with E-state index in [1.807, 2.05) is 54.6 Å². The minimum absolute atomic E-state index is 0.229. The van der Waals surface area contributed by atoms with Gasteiger partial charge in [-0.05, 0) is 58.8 Å². The molecule has 8 heteroatoms. The number of halogens is 1. The average Bonchev–Trinajstić information content (AvgIpc) is 2.91. The number of ether oxygens (including phenoxy) is 4. The summed E-state index contributed by atoms with van der Waals surface area (Å²) in [7, 11) is 4.67. The van der Waals surface area contributed by atoms with E-state index in [4.69, 9.17) is 36.3 Å². The monoisotopic (exact) mass is 514 g/mol. The molecule has 0 aliphatic heterocycles. The average molecular weight is 515 g/mol. The highest BCUT2D eigenvalue weighted by Crippen LogP contribution is 2.39. The van der Waals surface area contributed by atoms with Gasteiger partial charge in [-0.25, -0.2) is 0 Å². The summed E-state index contributed by atoms with van der Waals surface area (Å²) < 4.78 is 22.6. The minimum atomic E-state index is -0.608. The van der Waals surface area contributed by atoms with Crippen LogP contribution in [0.15, 0.2) is 72.9 Å². The molecule has 37 heavy (non-hydrogen) atoms. The second-order valence-corrected chi connectivity index (χ2v) is 8.69. The number of nitrogens with zero attached hydrogens (tertiary/aromatic N) is 1. The SMILES string of the molecule is COc1cc2nccc(Oc3ccc4cc(-c5cc(Cl)cc(C(N)=O)c5OC)ccc4c3)c2cc1OC. The molecule has 0 fully saturated rings. The highest BCUT2D eigenvalue weighted by atomic mass is 35.5. The number of hydrogen-bond donors (Lipinski definition) is 1. The van der Waals surface area contributed by atoms with Gasteiger partial charge in [0.05, 0.1) is 32.4 Å². The van der Waals surface area contributed by atoms with Crippen molar-refractivity contribution in [3.63, 3.8) is 0 Å². The van der Waals surface area contributed by atoms with Crippen LogP contribution in [0.2, 0.25) is 5.02 Å². The van der Waals surface area contributed by atoms with E-state index in [9.17, 15) is 4.79 Å². The molecule has 0 bridgehead atoms. The van der Waals surface area contributed by atoms with Gasteiger partial charge in [0.2, 0.25) is 0 Å². The Hall–Kier alpha value is -4.49. The first-order valence-electron chi connectivity index (χ1n) is 11.3. The van der Waals surface area contributed by atoms with Gasteiger partial charge in [-0.1, -0.05) is 29.8 Å². The zero-order chi connectivity index (χ0) is 26.1. The van der Waals surface area contributed by atoms with Gasteiger partial charge in [0.25, 0.3) is 5.91 Å². The van der Waals surface area contributed by atoms with Crippen molar-refractivity contribution in [1.82, 2.24) is 4.98 Å². The summed E-state index contributed by atoms with van der Waals surface area (Å²) in [5, 5.41) is 3.13. The molecule has 5 rings (SSSR count). The van der Waals surface area contributed by atoms with Crippen molar-refractivity contribution >= 4 is 39.2 Å². The fourth-order valence-corrected chi connectivity index (χ4v) is 4.55. The minimum Gasteiger partial charge on any atom is -0.495 e. The molecule has 1 heterocycles. The molecule has 0 saturated heterocycles. The lowest BCUT2D eigenvalue weighted by molar-refractivity contribution is 0.0997.